The molecule has 1 N–H and O–H groups in total. The summed E-state index contributed by atoms with van der Waals surface area (Å²) < 4.78 is 25.9. The average molecular weight is 481 g/mol. The minimum atomic E-state index is -3.64. The Kier molecular flexibility index (Phi) is 8.21. The van der Waals surface area contributed by atoms with Gasteiger partial charge in [-0.3, -0.25) is 9.10 Å². The number of carbonyl (C=O) groups is 1. The Bertz CT molecular complexity index is 958. The van der Waals surface area contributed by atoms with Crippen molar-refractivity contribution >= 4 is 49.4 Å². The number of hydrazone groups is 1. The monoisotopic (exact) mass is 480 g/mol. The van der Waals surface area contributed by atoms with E-state index in [1.54, 1.807) is 24.3 Å². The second-order valence-electron chi connectivity index (χ2n) is 6.28. The predicted molar refractivity (Wildman–Crippen MR) is 122 cm³/mol. The SMILES string of the molecule is CCN(CC)c1ccc(/C=N\NC(=O)CN(c2ccccc2Br)S(C)(=O)=O)cc1. The molecule has 29 heavy (non-hydrogen) atoms. The summed E-state index contributed by atoms with van der Waals surface area (Å²) in [5, 5.41) is 3.94. The zero-order valence-electron chi connectivity index (χ0n) is 16.7. The van der Waals surface area contributed by atoms with E-state index in [4.69, 9.17) is 0 Å². The molecule has 9 heteroatoms. The van der Waals surface area contributed by atoms with Crippen molar-refractivity contribution in [1.82, 2.24) is 5.43 Å². The van der Waals surface area contributed by atoms with Crippen molar-refractivity contribution in [3.05, 3.63) is 58.6 Å². The minimum absolute atomic E-state index is 0.375. The van der Waals surface area contributed by atoms with Gasteiger partial charge in [0.15, 0.2) is 0 Å². The minimum Gasteiger partial charge on any atom is -0.372 e. The third-order valence-corrected chi connectivity index (χ3v) is 6.03. The summed E-state index contributed by atoms with van der Waals surface area (Å²) in [7, 11) is -3.64. The normalized spacial score (nSPS) is 11.4. The standard InChI is InChI=1S/C20H25BrN4O3S/c1-4-24(5-2)17-12-10-16(11-13-17)14-22-23-20(26)15-25(29(3,27)28)19-9-7-6-8-18(19)21/h6-14H,4-5,15H2,1-3H3,(H,23,26)/b22-14-. The fraction of sp³-hybridized carbons (Fsp3) is 0.300. The van der Waals surface area contributed by atoms with Crippen molar-refractivity contribution in [2.75, 3.05) is 35.1 Å². The second-order valence-corrected chi connectivity index (χ2v) is 9.04. The van der Waals surface area contributed by atoms with Crippen LogP contribution in [0.15, 0.2) is 58.1 Å². The first-order valence-corrected chi connectivity index (χ1v) is 11.8. The fourth-order valence-electron chi connectivity index (χ4n) is 2.74. The van der Waals surface area contributed by atoms with E-state index < -0.39 is 15.9 Å². The van der Waals surface area contributed by atoms with Crippen LogP contribution >= 0.6 is 15.9 Å². The topological polar surface area (TPSA) is 82.1 Å². The number of hydrogen-bond acceptors (Lipinski definition) is 5. The molecule has 0 saturated carbocycles. The van der Waals surface area contributed by atoms with Crippen LogP contribution in [0.4, 0.5) is 11.4 Å². The Labute approximate surface area is 180 Å². The van der Waals surface area contributed by atoms with E-state index >= 15 is 0 Å². The number of hydrogen-bond donors (Lipinski definition) is 1. The Morgan fingerprint density at radius 2 is 1.72 bits per heavy atom. The summed E-state index contributed by atoms with van der Waals surface area (Å²) >= 11 is 3.32. The van der Waals surface area contributed by atoms with Crippen molar-refractivity contribution in [3.8, 4) is 0 Å². The number of carbonyl (C=O) groups excluding carboxylic acids is 1. The van der Waals surface area contributed by atoms with E-state index in [2.05, 4.69) is 45.2 Å². The maximum Gasteiger partial charge on any atom is 0.260 e. The number of amides is 1. The van der Waals surface area contributed by atoms with Crippen molar-refractivity contribution in [2.45, 2.75) is 13.8 Å². The van der Waals surface area contributed by atoms with Gasteiger partial charge in [-0.15, -0.1) is 0 Å². The summed E-state index contributed by atoms with van der Waals surface area (Å²) in [4.78, 5) is 14.5. The molecule has 2 aromatic rings. The molecule has 0 radical (unpaired) electrons. The highest BCUT2D eigenvalue weighted by Crippen LogP contribution is 2.27. The van der Waals surface area contributed by atoms with Crippen LogP contribution in [-0.2, 0) is 14.8 Å². The zero-order chi connectivity index (χ0) is 21.4. The predicted octanol–water partition coefficient (Wildman–Crippen LogP) is 3.21. The lowest BCUT2D eigenvalue weighted by Gasteiger charge is -2.22. The Morgan fingerprint density at radius 3 is 2.28 bits per heavy atom. The van der Waals surface area contributed by atoms with Crippen LogP contribution in [0, 0.1) is 0 Å². The van der Waals surface area contributed by atoms with Crippen LogP contribution in [0.25, 0.3) is 0 Å². The van der Waals surface area contributed by atoms with E-state index in [0.29, 0.717) is 10.2 Å². The van der Waals surface area contributed by atoms with E-state index in [9.17, 15) is 13.2 Å². The molecule has 0 aromatic heterocycles. The molecular formula is C20H25BrN4O3S. The van der Waals surface area contributed by atoms with E-state index in [1.165, 1.54) is 6.21 Å². The van der Waals surface area contributed by atoms with Gasteiger partial charge in [-0.2, -0.15) is 5.10 Å². The van der Waals surface area contributed by atoms with E-state index in [0.717, 1.165) is 34.9 Å². The lowest BCUT2D eigenvalue weighted by molar-refractivity contribution is -0.119. The lowest BCUT2D eigenvalue weighted by Crippen LogP contribution is -2.39. The number of anilines is 2. The van der Waals surface area contributed by atoms with Crippen molar-refractivity contribution in [3.63, 3.8) is 0 Å². The Balaban J connectivity index is 2.03. The van der Waals surface area contributed by atoms with E-state index in [-0.39, 0.29) is 6.54 Å². The smallest absolute Gasteiger partial charge is 0.260 e. The van der Waals surface area contributed by atoms with Gasteiger partial charge in [-0.25, -0.2) is 13.8 Å². The highest BCUT2D eigenvalue weighted by Gasteiger charge is 2.22. The van der Waals surface area contributed by atoms with Gasteiger partial charge in [0.05, 0.1) is 18.2 Å². The quantitative estimate of drug-likeness (QED) is 0.441. The molecule has 0 unspecified atom stereocenters. The highest BCUT2D eigenvalue weighted by atomic mass is 79.9. The van der Waals surface area contributed by atoms with Gasteiger partial charge < -0.3 is 4.90 Å². The largest absolute Gasteiger partial charge is 0.372 e. The number of nitrogens with one attached hydrogen (secondary N) is 1. The van der Waals surface area contributed by atoms with Gasteiger partial charge >= 0.3 is 0 Å². The van der Waals surface area contributed by atoms with Crippen LogP contribution < -0.4 is 14.6 Å². The van der Waals surface area contributed by atoms with Crippen LogP contribution in [0.3, 0.4) is 0 Å². The lowest BCUT2D eigenvalue weighted by atomic mass is 10.2. The third-order valence-electron chi connectivity index (χ3n) is 4.23. The Morgan fingerprint density at radius 1 is 1.10 bits per heavy atom. The molecule has 1 amide bonds. The molecule has 0 aliphatic rings. The molecule has 2 aromatic carbocycles. The van der Waals surface area contributed by atoms with Crippen molar-refractivity contribution < 1.29 is 13.2 Å². The summed E-state index contributed by atoms with van der Waals surface area (Å²) in [5.74, 6) is -0.540. The highest BCUT2D eigenvalue weighted by molar-refractivity contribution is 9.10. The maximum atomic E-state index is 12.2. The second kappa shape index (κ2) is 10.4. The van der Waals surface area contributed by atoms with Gasteiger partial charge in [-0.05, 0) is 59.6 Å². The maximum absolute atomic E-state index is 12.2. The first kappa shape index (κ1) is 22.9. The van der Waals surface area contributed by atoms with Gasteiger partial charge in [0.1, 0.15) is 6.54 Å². The number of sulfonamides is 1. The zero-order valence-corrected chi connectivity index (χ0v) is 19.1. The number of nitrogens with zero attached hydrogens (tertiary/aromatic N) is 3. The van der Waals surface area contributed by atoms with Gasteiger partial charge in [0.25, 0.3) is 5.91 Å². The van der Waals surface area contributed by atoms with Gasteiger partial charge in [-0.1, -0.05) is 24.3 Å². The molecule has 0 aliphatic heterocycles. The fourth-order valence-corrected chi connectivity index (χ4v) is 4.22. The molecular weight excluding hydrogens is 456 g/mol. The van der Waals surface area contributed by atoms with Crippen molar-refractivity contribution in [1.29, 1.82) is 0 Å². The number of halogens is 1. The van der Waals surface area contributed by atoms with Crippen LogP contribution in [0.1, 0.15) is 19.4 Å². The molecule has 7 nitrogen and oxygen atoms in total. The first-order chi connectivity index (χ1) is 13.8. The van der Waals surface area contributed by atoms with Gasteiger partial charge in [0, 0.05) is 23.2 Å². The molecule has 0 aliphatic carbocycles. The Hall–Kier alpha value is -2.39. The first-order valence-electron chi connectivity index (χ1n) is 9.15. The third kappa shape index (κ3) is 6.57. The molecule has 0 atom stereocenters. The number of para-hydroxylation sites is 1. The molecule has 0 fully saturated rings. The summed E-state index contributed by atoms with van der Waals surface area (Å²) in [6.07, 6.45) is 2.58. The molecule has 0 spiro atoms. The van der Waals surface area contributed by atoms with Crippen LogP contribution in [0.2, 0.25) is 0 Å². The molecule has 2 rings (SSSR count). The van der Waals surface area contributed by atoms with Crippen LogP contribution in [0.5, 0.6) is 0 Å². The summed E-state index contributed by atoms with van der Waals surface area (Å²) in [5.41, 5.74) is 4.72. The summed E-state index contributed by atoms with van der Waals surface area (Å²) in [6, 6.07) is 14.6. The van der Waals surface area contributed by atoms with Gasteiger partial charge in [0.2, 0.25) is 10.0 Å². The van der Waals surface area contributed by atoms with Crippen molar-refractivity contribution in [2.24, 2.45) is 5.10 Å². The molecule has 156 valence electrons. The molecule has 0 heterocycles. The number of rotatable bonds is 9. The molecule has 0 saturated heterocycles. The van der Waals surface area contributed by atoms with Crippen LogP contribution in [-0.4, -0.2) is 46.4 Å². The van der Waals surface area contributed by atoms with E-state index in [1.807, 2.05) is 24.3 Å². The molecule has 0 bridgehead atoms. The summed E-state index contributed by atoms with van der Waals surface area (Å²) in [6.45, 7) is 5.67. The number of benzene rings is 2. The average Bonchev–Trinajstić information content (AvgIpc) is 2.68.